The topological polar surface area (TPSA) is 70.0 Å². The number of hydrogen-bond donors (Lipinski definition) is 1. The smallest absolute Gasteiger partial charge is 0.256 e. The van der Waals surface area contributed by atoms with Crippen molar-refractivity contribution in [3.05, 3.63) is 59.2 Å². The molecule has 8 nitrogen and oxygen atoms in total. The van der Waals surface area contributed by atoms with Crippen LogP contribution in [-0.2, 0) is 11.3 Å². The Hall–Kier alpha value is -3.23. The lowest BCUT2D eigenvalue weighted by Crippen LogP contribution is -2.48. The highest BCUT2D eigenvalue weighted by Crippen LogP contribution is 2.30. The van der Waals surface area contributed by atoms with Crippen LogP contribution in [0.1, 0.15) is 10.4 Å². The highest BCUT2D eigenvalue weighted by atomic mass is 35.5. The number of nitrogens with zero attached hydrogens (tertiary/aromatic N) is 4. The van der Waals surface area contributed by atoms with Crippen molar-refractivity contribution in [2.45, 2.75) is 6.54 Å². The Balaban J connectivity index is 1.35. The molecule has 0 bridgehead atoms. The summed E-state index contributed by atoms with van der Waals surface area (Å²) in [6, 6.07) is 13.5. The van der Waals surface area contributed by atoms with Gasteiger partial charge in [0.1, 0.15) is 12.3 Å². The summed E-state index contributed by atoms with van der Waals surface area (Å²) < 4.78 is 7.37. The summed E-state index contributed by atoms with van der Waals surface area (Å²) in [6.45, 7) is 5.83. The fourth-order valence-electron chi connectivity index (χ4n) is 4.94. The molecular weight excluding hydrogens is 466 g/mol. The molecule has 0 atom stereocenters. The van der Waals surface area contributed by atoms with Crippen LogP contribution < -0.4 is 15.0 Å². The van der Waals surface area contributed by atoms with Crippen molar-refractivity contribution >= 4 is 40.0 Å². The first-order valence-corrected chi connectivity index (χ1v) is 12.4. The molecule has 0 saturated carbocycles. The minimum atomic E-state index is -0.0228. The Morgan fingerprint density at radius 3 is 2.46 bits per heavy atom. The standard InChI is InChI=1S/C26H30ClN5O3/c1-35-24-5-3-2-4-22(24)29-12-14-31(15-13-29)26(34)21-17-32(23-16-19(27)6-7-20(21)23)18-25(33)30-10-8-28-9-11-30/h2-7,16-17,28H,8-15,18H2,1H3. The number of carbonyl (C=O) groups is 2. The fraction of sp³-hybridized carbons (Fsp3) is 0.385. The number of nitrogens with one attached hydrogen (secondary N) is 1. The van der Waals surface area contributed by atoms with Gasteiger partial charge >= 0.3 is 0 Å². The molecular formula is C26H30ClN5O3. The van der Waals surface area contributed by atoms with E-state index in [4.69, 9.17) is 16.3 Å². The molecule has 3 heterocycles. The summed E-state index contributed by atoms with van der Waals surface area (Å²) >= 11 is 6.28. The van der Waals surface area contributed by atoms with Gasteiger partial charge in [-0.15, -0.1) is 0 Å². The number of piperazine rings is 2. The third-order valence-corrected chi connectivity index (χ3v) is 7.08. The van der Waals surface area contributed by atoms with E-state index in [1.165, 1.54) is 0 Å². The molecule has 9 heteroatoms. The summed E-state index contributed by atoms with van der Waals surface area (Å²) in [5.74, 6) is 0.861. The predicted octanol–water partition coefficient (Wildman–Crippen LogP) is 2.70. The Morgan fingerprint density at radius 2 is 1.71 bits per heavy atom. The highest BCUT2D eigenvalue weighted by Gasteiger charge is 2.27. The van der Waals surface area contributed by atoms with E-state index in [0.29, 0.717) is 36.8 Å². The predicted molar refractivity (Wildman–Crippen MR) is 138 cm³/mol. The first kappa shape index (κ1) is 23.5. The second-order valence-electron chi connectivity index (χ2n) is 8.91. The van der Waals surface area contributed by atoms with E-state index in [2.05, 4.69) is 10.2 Å². The summed E-state index contributed by atoms with van der Waals surface area (Å²) in [7, 11) is 1.67. The van der Waals surface area contributed by atoms with Gasteiger partial charge in [0, 0.05) is 69.0 Å². The van der Waals surface area contributed by atoms with Gasteiger partial charge in [-0.05, 0) is 24.3 Å². The van der Waals surface area contributed by atoms with Gasteiger partial charge in [-0.2, -0.15) is 0 Å². The van der Waals surface area contributed by atoms with E-state index >= 15 is 0 Å². The van der Waals surface area contributed by atoms with E-state index in [0.717, 1.165) is 48.5 Å². The second-order valence-corrected chi connectivity index (χ2v) is 9.35. The first-order valence-electron chi connectivity index (χ1n) is 12.0. The largest absolute Gasteiger partial charge is 0.495 e. The van der Waals surface area contributed by atoms with Crippen LogP contribution in [0.25, 0.3) is 10.9 Å². The van der Waals surface area contributed by atoms with Crippen LogP contribution in [-0.4, -0.2) is 85.6 Å². The van der Waals surface area contributed by atoms with Gasteiger partial charge < -0.3 is 29.3 Å². The zero-order chi connectivity index (χ0) is 24.4. The Morgan fingerprint density at radius 1 is 0.971 bits per heavy atom. The van der Waals surface area contributed by atoms with Crippen LogP contribution in [0, 0.1) is 0 Å². The average molecular weight is 496 g/mol. The molecule has 2 saturated heterocycles. The number of aromatic nitrogens is 1. The maximum Gasteiger partial charge on any atom is 0.256 e. The van der Waals surface area contributed by atoms with Crippen molar-refractivity contribution in [2.24, 2.45) is 0 Å². The van der Waals surface area contributed by atoms with Crippen molar-refractivity contribution in [2.75, 3.05) is 64.4 Å². The molecule has 2 aliphatic rings. The van der Waals surface area contributed by atoms with Crippen LogP contribution in [0.5, 0.6) is 5.75 Å². The van der Waals surface area contributed by atoms with Crippen molar-refractivity contribution < 1.29 is 14.3 Å². The lowest BCUT2D eigenvalue weighted by atomic mass is 10.1. The molecule has 0 unspecified atom stereocenters. The van der Waals surface area contributed by atoms with Crippen molar-refractivity contribution in [3.63, 3.8) is 0 Å². The fourth-order valence-corrected chi connectivity index (χ4v) is 5.10. The molecule has 0 radical (unpaired) electrons. The van der Waals surface area contributed by atoms with Crippen LogP contribution >= 0.6 is 11.6 Å². The molecule has 2 amide bonds. The summed E-state index contributed by atoms with van der Waals surface area (Å²) in [4.78, 5) is 32.5. The quantitative estimate of drug-likeness (QED) is 0.589. The van der Waals surface area contributed by atoms with Crippen molar-refractivity contribution in [1.29, 1.82) is 0 Å². The van der Waals surface area contributed by atoms with Gasteiger partial charge in [0.15, 0.2) is 0 Å². The van der Waals surface area contributed by atoms with Crippen LogP contribution in [0.2, 0.25) is 5.02 Å². The summed E-state index contributed by atoms with van der Waals surface area (Å²) in [6.07, 6.45) is 1.82. The molecule has 5 rings (SSSR count). The van der Waals surface area contributed by atoms with Gasteiger partial charge in [-0.25, -0.2) is 0 Å². The first-order chi connectivity index (χ1) is 17.0. The van der Waals surface area contributed by atoms with E-state index in [1.807, 2.05) is 57.0 Å². The average Bonchev–Trinajstić information content (AvgIpc) is 3.26. The SMILES string of the molecule is COc1ccccc1N1CCN(C(=O)c2cn(CC(=O)N3CCNCC3)c3cc(Cl)ccc23)CC1. The molecule has 3 aromatic rings. The highest BCUT2D eigenvalue weighted by molar-refractivity contribution is 6.31. The third kappa shape index (κ3) is 4.81. The number of methoxy groups -OCH3 is 1. The number of fused-ring (bicyclic) bond motifs is 1. The van der Waals surface area contributed by atoms with Gasteiger partial charge in [-0.1, -0.05) is 29.8 Å². The van der Waals surface area contributed by atoms with Gasteiger partial charge in [0.25, 0.3) is 5.91 Å². The van der Waals surface area contributed by atoms with Crippen LogP contribution in [0.3, 0.4) is 0 Å². The Labute approximate surface area is 210 Å². The molecule has 0 aliphatic carbocycles. The zero-order valence-corrected chi connectivity index (χ0v) is 20.6. The van der Waals surface area contributed by atoms with Crippen molar-refractivity contribution in [3.8, 4) is 5.75 Å². The lowest BCUT2D eigenvalue weighted by Gasteiger charge is -2.36. The monoisotopic (exact) mass is 495 g/mol. The molecule has 2 aliphatic heterocycles. The van der Waals surface area contributed by atoms with E-state index < -0.39 is 0 Å². The molecule has 184 valence electrons. The Kier molecular flexibility index (Phi) is 6.83. The number of para-hydroxylation sites is 2. The number of ether oxygens (including phenoxy) is 1. The molecule has 0 spiro atoms. The normalized spacial score (nSPS) is 16.6. The van der Waals surface area contributed by atoms with E-state index in [-0.39, 0.29) is 18.4 Å². The molecule has 1 aromatic heterocycles. The number of benzene rings is 2. The third-order valence-electron chi connectivity index (χ3n) is 6.84. The molecule has 35 heavy (non-hydrogen) atoms. The molecule has 2 fully saturated rings. The van der Waals surface area contributed by atoms with Crippen molar-refractivity contribution in [1.82, 2.24) is 19.7 Å². The van der Waals surface area contributed by atoms with Gasteiger partial charge in [0.2, 0.25) is 5.91 Å². The maximum atomic E-state index is 13.6. The number of amides is 2. The minimum Gasteiger partial charge on any atom is -0.495 e. The van der Waals surface area contributed by atoms with Gasteiger partial charge in [-0.3, -0.25) is 9.59 Å². The van der Waals surface area contributed by atoms with E-state index in [9.17, 15) is 9.59 Å². The molecule has 2 aromatic carbocycles. The Bertz CT molecular complexity index is 1230. The number of carbonyl (C=O) groups excluding carboxylic acids is 2. The maximum absolute atomic E-state index is 13.6. The summed E-state index contributed by atoms with van der Waals surface area (Å²) in [5, 5.41) is 4.67. The van der Waals surface area contributed by atoms with E-state index in [1.54, 1.807) is 13.2 Å². The number of rotatable bonds is 5. The van der Waals surface area contributed by atoms with Gasteiger partial charge in [0.05, 0.1) is 23.9 Å². The number of halogens is 1. The molecule has 1 N–H and O–H groups in total. The van der Waals surface area contributed by atoms with Crippen LogP contribution in [0.4, 0.5) is 5.69 Å². The minimum absolute atomic E-state index is 0.0228. The second kappa shape index (κ2) is 10.2. The summed E-state index contributed by atoms with van der Waals surface area (Å²) in [5.41, 5.74) is 2.45. The number of hydrogen-bond acceptors (Lipinski definition) is 5. The lowest BCUT2D eigenvalue weighted by molar-refractivity contribution is -0.132. The number of anilines is 1. The zero-order valence-electron chi connectivity index (χ0n) is 19.9. The van der Waals surface area contributed by atoms with Crippen LogP contribution in [0.15, 0.2) is 48.7 Å².